The molecule has 3 rings (SSSR count). The lowest BCUT2D eigenvalue weighted by Gasteiger charge is -2.21. The fourth-order valence-electron chi connectivity index (χ4n) is 3.33. The van der Waals surface area contributed by atoms with E-state index in [2.05, 4.69) is 0 Å². The van der Waals surface area contributed by atoms with Gasteiger partial charge in [0.25, 0.3) is 0 Å². The number of rotatable bonds is 5. The normalized spacial score (nSPS) is 23.0. The van der Waals surface area contributed by atoms with Gasteiger partial charge in [-0.1, -0.05) is 42.5 Å². The number of methoxy groups -OCH3 is 2. The number of hydrogen-bond donors (Lipinski definition) is 0. The van der Waals surface area contributed by atoms with Crippen LogP contribution < -0.4 is 4.74 Å². The van der Waals surface area contributed by atoms with Gasteiger partial charge < -0.3 is 14.2 Å². The maximum atomic E-state index is 12.4. The molecule has 1 aliphatic rings. The molecule has 1 aliphatic heterocycles. The van der Waals surface area contributed by atoms with Crippen LogP contribution in [0.4, 0.5) is 0 Å². The van der Waals surface area contributed by atoms with E-state index in [9.17, 15) is 4.79 Å². The summed E-state index contributed by atoms with van der Waals surface area (Å²) in [6.07, 6.45) is 0.523. The lowest BCUT2D eigenvalue weighted by molar-refractivity contribution is -0.148. The molecule has 4 nitrogen and oxygen atoms in total. The van der Waals surface area contributed by atoms with Crippen molar-refractivity contribution in [1.82, 2.24) is 0 Å². The first-order valence-electron chi connectivity index (χ1n) is 8.10. The largest absolute Gasteiger partial charge is 0.497 e. The van der Waals surface area contributed by atoms with Crippen LogP contribution in [-0.4, -0.2) is 26.8 Å². The molecule has 0 unspecified atom stereocenters. The van der Waals surface area contributed by atoms with Gasteiger partial charge in [-0.2, -0.15) is 0 Å². The van der Waals surface area contributed by atoms with Crippen molar-refractivity contribution in [3.8, 4) is 5.75 Å². The van der Waals surface area contributed by atoms with Crippen LogP contribution in [0.3, 0.4) is 0 Å². The first-order valence-corrected chi connectivity index (χ1v) is 8.10. The highest BCUT2D eigenvalue weighted by Crippen LogP contribution is 2.40. The Kier molecular flexibility index (Phi) is 5.16. The van der Waals surface area contributed by atoms with Crippen LogP contribution in [0.2, 0.25) is 0 Å². The maximum absolute atomic E-state index is 12.4. The third-order valence-corrected chi connectivity index (χ3v) is 4.58. The summed E-state index contributed by atoms with van der Waals surface area (Å²) in [4.78, 5) is 12.4. The monoisotopic (exact) mass is 326 g/mol. The fourth-order valence-corrected chi connectivity index (χ4v) is 3.33. The molecule has 2 aromatic carbocycles. The van der Waals surface area contributed by atoms with E-state index in [4.69, 9.17) is 14.2 Å². The zero-order valence-electron chi connectivity index (χ0n) is 14.0. The number of benzene rings is 2. The summed E-state index contributed by atoms with van der Waals surface area (Å²) in [7, 11) is 3.09. The Morgan fingerprint density at radius 1 is 1.08 bits per heavy atom. The minimum absolute atomic E-state index is 0.0936. The van der Waals surface area contributed by atoms with Gasteiger partial charge in [-0.15, -0.1) is 0 Å². The predicted octanol–water partition coefficient (Wildman–Crippen LogP) is 3.41. The van der Waals surface area contributed by atoms with Crippen molar-refractivity contribution < 1.29 is 19.0 Å². The van der Waals surface area contributed by atoms with Crippen LogP contribution in [-0.2, 0) is 20.7 Å². The van der Waals surface area contributed by atoms with Crippen molar-refractivity contribution in [2.24, 2.45) is 11.8 Å². The molecule has 2 aromatic rings. The van der Waals surface area contributed by atoms with Gasteiger partial charge in [0.05, 0.1) is 32.8 Å². The standard InChI is InChI=1S/C20H22O4/c1-22-17-10-8-14(9-11-17)12-16-13-24-19(18(16)20(21)23-2)15-6-4-3-5-7-15/h3-11,16,18-19H,12-13H2,1-2H3/t16-,18+,19+/m0/s1. The van der Waals surface area contributed by atoms with E-state index >= 15 is 0 Å². The second kappa shape index (κ2) is 7.49. The molecule has 4 heteroatoms. The summed E-state index contributed by atoms with van der Waals surface area (Å²) in [5.74, 6) is 0.420. The molecule has 3 atom stereocenters. The van der Waals surface area contributed by atoms with Crippen LogP contribution in [0.1, 0.15) is 17.2 Å². The van der Waals surface area contributed by atoms with E-state index in [0.717, 1.165) is 23.3 Å². The Morgan fingerprint density at radius 2 is 1.79 bits per heavy atom. The van der Waals surface area contributed by atoms with Crippen LogP contribution in [0.25, 0.3) is 0 Å². The summed E-state index contributed by atoms with van der Waals surface area (Å²) < 4.78 is 16.2. The number of esters is 1. The number of carbonyl (C=O) groups excluding carboxylic acids is 1. The minimum atomic E-state index is -0.292. The Balaban J connectivity index is 1.80. The van der Waals surface area contributed by atoms with E-state index in [1.807, 2.05) is 54.6 Å². The minimum Gasteiger partial charge on any atom is -0.497 e. The van der Waals surface area contributed by atoms with E-state index in [0.29, 0.717) is 6.61 Å². The van der Waals surface area contributed by atoms with Gasteiger partial charge in [-0.25, -0.2) is 0 Å². The highest BCUT2D eigenvalue weighted by Gasteiger charge is 2.43. The lowest BCUT2D eigenvalue weighted by Crippen LogP contribution is -2.27. The molecule has 0 bridgehead atoms. The quantitative estimate of drug-likeness (QED) is 0.790. The molecular formula is C20H22O4. The molecule has 0 radical (unpaired) electrons. The molecule has 0 aliphatic carbocycles. The summed E-state index contributed by atoms with van der Waals surface area (Å²) in [6, 6.07) is 17.8. The zero-order chi connectivity index (χ0) is 16.9. The van der Waals surface area contributed by atoms with Crippen molar-refractivity contribution >= 4 is 5.97 Å². The molecule has 1 fully saturated rings. The average Bonchev–Trinajstić information content (AvgIpc) is 3.06. The Bertz CT molecular complexity index is 666. The van der Waals surface area contributed by atoms with Gasteiger partial charge in [0.2, 0.25) is 0 Å². The molecular weight excluding hydrogens is 304 g/mol. The first kappa shape index (κ1) is 16.5. The number of carbonyl (C=O) groups is 1. The van der Waals surface area contributed by atoms with Crippen molar-refractivity contribution in [1.29, 1.82) is 0 Å². The molecule has 1 heterocycles. The van der Waals surface area contributed by atoms with Crippen LogP contribution in [0.15, 0.2) is 54.6 Å². The van der Waals surface area contributed by atoms with Gasteiger partial charge in [0, 0.05) is 5.92 Å². The van der Waals surface area contributed by atoms with E-state index in [1.54, 1.807) is 7.11 Å². The van der Waals surface area contributed by atoms with E-state index in [1.165, 1.54) is 7.11 Å². The average molecular weight is 326 g/mol. The highest BCUT2D eigenvalue weighted by atomic mass is 16.5. The predicted molar refractivity (Wildman–Crippen MR) is 90.8 cm³/mol. The topological polar surface area (TPSA) is 44.8 Å². The second-order valence-electron chi connectivity index (χ2n) is 6.03. The Hall–Kier alpha value is -2.33. The van der Waals surface area contributed by atoms with Gasteiger partial charge in [-0.05, 0) is 29.7 Å². The third kappa shape index (κ3) is 3.44. The van der Waals surface area contributed by atoms with Crippen molar-refractivity contribution in [2.45, 2.75) is 12.5 Å². The molecule has 0 N–H and O–H groups in total. The van der Waals surface area contributed by atoms with E-state index < -0.39 is 0 Å². The highest BCUT2D eigenvalue weighted by molar-refractivity contribution is 5.74. The van der Waals surface area contributed by atoms with Crippen molar-refractivity contribution in [3.63, 3.8) is 0 Å². The van der Waals surface area contributed by atoms with Gasteiger partial charge in [0.1, 0.15) is 5.75 Å². The van der Waals surface area contributed by atoms with Crippen LogP contribution >= 0.6 is 0 Å². The van der Waals surface area contributed by atoms with Gasteiger partial charge in [-0.3, -0.25) is 4.79 Å². The SMILES string of the molecule is COC(=O)[C@@H]1[C@@H](Cc2ccc(OC)cc2)CO[C@@H]1c1ccccc1. The second-order valence-corrected chi connectivity index (χ2v) is 6.03. The van der Waals surface area contributed by atoms with Crippen LogP contribution in [0, 0.1) is 11.8 Å². The molecule has 24 heavy (non-hydrogen) atoms. The van der Waals surface area contributed by atoms with Crippen molar-refractivity contribution in [2.75, 3.05) is 20.8 Å². The van der Waals surface area contributed by atoms with Gasteiger partial charge >= 0.3 is 5.97 Å². The van der Waals surface area contributed by atoms with Crippen LogP contribution in [0.5, 0.6) is 5.75 Å². The summed E-state index contributed by atoms with van der Waals surface area (Å²) in [5, 5.41) is 0. The van der Waals surface area contributed by atoms with E-state index in [-0.39, 0.29) is 23.9 Å². The number of hydrogen-bond acceptors (Lipinski definition) is 4. The lowest BCUT2D eigenvalue weighted by atomic mass is 9.84. The third-order valence-electron chi connectivity index (χ3n) is 4.58. The maximum Gasteiger partial charge on any atom is 0.312 e. The summed E-state index contributed by atoms with van der Waals surface area (Å²) in [6.45, 7) is 0.547. The Morgan fingerprint density at radius 3 is 2.42 bits per heavy atom. The molecule has 0 aromatic heterocycles. The number of ether oxygens (including phenoxy) is 3. The first-order chi connectivity index (χ1) is 11.7. The summed E-state index contributed by atoms with van der Waals surface area (Å²) in [5.41, 5.74) is 2.18. The van der Waals surface area contributed by atoms with Gasteiger partial charge in [0.15, 0.2) is 0 Å². The molecule has 0 amide bonds. The molecule has 0 spiro atoms. The fraction of sp³-hybridized carbons (Fsp3) is 0.350. The Labute approximate surface area is 142 Å². The summed E-state index contributed by atoms with van der Waals surface area (Å²) >= 11 is 0. The zero-order valence-corrected chi connectivity index (χ0v) is 14.0. The smallest absolute Gasteiger partial charge is 0.312 e. The molecule has 126 valence electrons. The molecule has 1 saturated heterocycles. The van der Waals surface area contributed by atoms with Crippen molar-refractivity contribution in [3.05, 3.63) is 65.7 Å². The molecule has 0 saturated carbocycles.